The van der Waals surface area contributed by atoms with E-state index in [2.05, 4.69) is 4.72 Å². The predicted molar refractivity (Wildman–Crippen MR) is 100 cm³/mol. The van der Waals surface area contributed by atoms with E-state index >= 15 is 0 Å². The number of hydrogen-bond acceptors (Lipinski definition) is 6. The molecule has 2 rings (SSSR count). The number of thiophene rings is 1. The zero-order chi connectivity index (χ0) is 19.2. The van der Waals surface area contributed by atoms with E-state index in [0.29, 0.717) is 12.8 Å². The molecule has 0 fully saturated rings. The Bertz CT molecular complexity index is 835. The standard InChI is InChI=1S/C17H22N2O5S2/c1-24-16-3-2-14(10-15(16)17(18)21)26(22,23)19-7-4-12(5-8-20)13-6-9-25-11-13/h2-3,6,9-12,19-20H,4-5,7-8H2,1H3,(H2,18,21)/t12-/m0/s1. The molecule has 0 saturated heterocycles. The summed E-state index contributed by atoms with van der Waals surface area (Å²) in [4.78, 5) is 11.4. The molecule has 0 saturated carbocycles. The number of methoxy groups -OCH3 is 1. The lowest BCUT2D eigenvalue weighted by molar-refractivity contribution is 0.0997. The molecule has 0 aliphatic rings. The molecule has 1 atom stereocenters. The monoisotopic (exact) mass is 398 g/mol. The summed E-state index contributed by atoms with van der Waals surface area (Å²) in [5.74, 6) is -0.470. The minimum Gasteiger partial charge on any atom is -0.496 e. The zero-order valence-corrected chi connectivity index (χ0v) is 16.0. The van der Waals surface area contributed by atoms with Crippen LogP contribution >= 0.6 is 11.3 Å². The number of hydrogen-bond donors (Lipinski definition) is 3. The Morgan fingerprint density at radius 2 is 2.12 bits per heavy atom. The minimum atomic E-state index is -3.79. The first-order valence-corrected chi connectivity index (χ1v) is 10.4. The summed E-state index contributed by atoms with van der Waals surface area (Å²) < 4.78 is 32.5. The molecule has 0 aliphatic heterocycles. The number of aliphatic hydroxyl groups is 1. The fraction of sp³-hybridized carbons (Fsp3) is 0.353. The number of nitrogens with two attached hydrogens (primary N) is 1. The van der Waals surface area contributed by atoms with Crippen molar-refractivity contribution in [1.82, 2.24) is 4.72 Å². The van der Waals surface area contributed by atoms with Crippen LogP contribution in [-0.4, -0.2) is 39.7 Å². The second-order valence-electron chi connectivity index (χ2n) is 5.68. The fourth-order valence-electron chi connectivity index (χ4n) is 2.64. The average molecular weight is 399 g/mol. The third kappa shape index (κ3) is 5.04. The van der Waals surface area contributed by atoms with Crippen LogP contribution in [-0.2, 0) is 10.0 Å². The Kier molecular flexibility index (Phi) is 7.15. The molecule has 2 aromatic rings. The number of aliphatic hydroxyl groups excluding tert-OH is 1. The number of carbonyl (C=O) groups excluding carboxylic acids is 1. The summed E-state index contributed by atoms with van der Waals surface area (Å²) in [5.41, 5.74) is 6.37. The molecule has 9 heteroatoms. The molecule has 142 valence electrons. The summed E-state index contributed by atoms with van der Waals surface area (Å²) >= 11 is 1.56. The average Bonchev–Trinajstić information content (AvgIpc) is 3.14. The van der Waals surface area contributed by atoms with Gasteiger partial charge in [-0.2, -0.15) is 11.3 Å². The van der Waals surface area contributed by atoms with Crippen molar-refractivity contribution in [2.75, 3.05) is 20.3 Å². The van der Waals surface area contributed by atoms with Gasteiger partial charge in [-0.1, -0.05) is 0 Å². The second-order valence-corrected chi connectivity index (χ2v) is 8.23. The normalized spacial score (nSPS) is 12.7. The van der Waals surface area contributed by atoms with Crippen LogP contribution < -0.4 is 15.2 Å². The highest BCUT2D eigenvalue weighted by molar-refractivity contribution is 7.89. The highest BCUT2D eigenvalue weighted by atomic mass is 32.2. The SMILES string of the molecule is COc1ccc(S(=O)(=O)NCC[C@@H](CCO)c2ccsc2)cc1C(N)=O. The Hall–Kier alpha value is -1.94. The molecule has 1 amide bonds. The van der Waals surface area contributed by atoms with Crippen molar-refractivity contribution in [3.05, 3.63) is 46.2 Å². The van der Waals surface area contributed by atoms with Crippen molar-refractivity contribution < 1.29 is 23.1 Å². The lowest BCUT2D eigenvalue weighted by Crippen LogP contribution is -2.26. The van der Waals surface area contributed by atoms with Gasteiger partial charge in [-0.15, -0.1) is 0 Å². The molecule has 1 aromatic heterocycles. The Balaban J connectivity index is 2.08. The molecule has 1 heterocycles. The number of carbonyl (C=O) groups is 1. The molecule has 1 aromatic carbocycles. The highest BCUT2D eigenvalue weighted by Gasteiger charge is 2.19. The minimum absolute atomic E-state index is 0.00630. The van der Waals surface area contributed by atoms with E-state index in [-0.39, 0.29) is 35.3 Å². The first kappa shape index (κ1) is 20.4. The van der Waals surface area contributed by atoms with Crippen molar-refractivity contribution in [2.24, 2.45) is 5.73 Å². The van der Waals surface area contributed by atoms with E-state index in [4.69, 9.17) is 10.5 Å². The van der Waals surface area contributed by atoms with Crippen LogP contribution in [0.25, 0.3) is 0 Å². The lowest BCUT2D eigenvalue weighted by atomic mass is 9.95. The molecule has 0 aliphatic carbocycles. The summed E-state index contributed by atoms with van der Waals surface area (Å²) in [6, 6.07) is 5.93. The van der Waals surface area contributed by atoms with E-state index in [1.807, 2.05) is 16.8 Å². The number of sulfonamides is 1. The van der Waals surface area contributed by atoms with Crippen molar-refractivity contribution in [3.63, 3.8) is 0 Å². The Labute approximate surface area is 156 Å². The number of ether oxygens (including phenoxy) is 1. The molecule has 0 bridgehead atoms. The van der Waals surface area contributed by atoms with Crippen LogP contribution in [0.3, 0.4) is 0 Å². The van der Waals surface area contributed by atoms with Gasteiger partial charge >= 0.3 is 0 Å². The first-order chi connectivity index (χ1) is 12.4. The molecule has 4 N–H and O–H groups in total. The smallest absolute Gasteiger partial charge is 0.252 e. The molecule has 26 heavy (non-hydrogen) atoms. The maximum atomic E-state index is 12.5. The van der Waals surface area contributed by atoms with Crippen LogP contribution in [0.4, 0.5) is 0 Å². The van der Waals surface area contributed by atoms with Crippen molar-refractivity contribution >= 4 is 27.3 Å². The molecule has 0 spiro atoms. The van der Waals surface area contributed by atoms with Gasteiger partial charge in [0.25, 0.3) is 5.91 Å². The summed E-state index contributed by atoms with van der Waals surface area (Å²) in [6.45, 7) is 0.245. The van der Waals surface area contributed by atoms with E-state index in [1.54, 1.807) is 11.3 Å². The van der Waals surface area contributed by atoms with Crippen molar-refractivity contribution in [2.45, 2.75) is 23.7 Å². The topological polar surface area (TPSA) is 119 Å². The van der Waals surface area contributed by atoms with Gasteiger partial charge in [-0.25, -0.2) is 13.1 Å². The van der Waals surface area contributed by atoms with Crippen LogP contribution in [0, 0.1) is 0 Å². The maximum Gasteiger partial charge on any atom is 0.252 e. The number of primary amides is 1. The van der Waals surface area contributed by atoms with Crippen LogP contribution in [0.2, 0.25) is 0 Å². The summed E-state index contributed by atoms with van der Waals surface area (Å²) in [5, 5.41) is 13.2. The van der Waals surface area contributed by atoms with E-state index < -0.39 is 15.9 Å². The number of rotatable bonds is 10. The van der Waals surface area contributed by atoms with E-state index in [1.165, 1.54) is 25.3 Å². The van der Waals surface area contributed by atoms with Crippen LogP contribution in [0.5, 0.6) is 5.75 Å². The molecular formula is C17H22N2O5S2. The third-order valence-electron chi connectivity index (χ3n) is 4.02. The Morgan fingerprint density at radius 3 is 2.69 bits per heavy atom. The second kappa shape index (κ2) is 9.13. The van der Waals surface area contributed by atoms with Crippen molar-refractivity contribution in [1.29, 1.82) is 0 Å². The molecule has 0 radical (unpaired) electrons. The number of nitrogens with one attached hydrogen (secondary N) is 1. The van der Waals surface area contributed by atoms with E-state index in [9.17, 15) is 18.3 Å². The maximum absolute atomic E-state index is 12.5. The van der Waals surface area contributed by atoms with Gasteiger partial charge in [-0.05, 0) is 59.3 Å². The first-order valence-electron chi connectivity index (χ1n) is 7.99. The van der Waals surface area contributed by atoms with E-state index in [0.717, 1.165) is 5.56 Å². The summed E-state index contributed by atoms with van der Waals surface area (Å²) in [7, 11) is -2.42. The fourth-order valence-corrected chi connectivity index (χ4v) is 4.45. The van der Waals surface area contributed by atoms with Crippen LogP contribution in [0.15, 0.2) is 39.9 Å². The van der Waals surface area contributed by atoms with Gasteiger partial charge in [-0.3, -0.25) is 4.79 Å². The lowest BCUT2D eigenvalue weighted by Gasteiger charge is -2.15. The third-order valence-corrected chi connectivity index (χ3v) is 6.18. The predicted octanol–water partition coefficient (Wildman–Crippen LogP) is 1.69. The highest BCUT2D eigenvalue weighted by Crippen LogP contribution is 2.26. The van der Waals surface area contributed by atoms with Crippen LogP contribution in [0.1, 0.15) is 34.7 Å². The largest absolute Gasteiger partial charge is 0.496 e. The quantitative estimate of drug-likeness (QED) is 0.563. The van der Waals surface area contributed by atoms with Gasteiger partial charge in [0, 0.05) is 13.2 Å². The number of amides is 1. The zero-order valence-electron chi connectivity index (χ0n) is 14.3. The van der Waals surface area contributed by atoms with Gasteiger partial charge < -0.3 is 15.6 Å². The molecule has 7 nitrogen and oxygen atoms in total. The van der Waals surface area contributed by atoms with Gasteiger partial charge in [0.15, 0.2) is 0 Å². The molecular weight excluding hydrogens is 376 g/mol. The van der Waals surface area contributed by atoms with Gasteiger partial charge in [0.1, 0.15) is 5.75 Å². The van der Waals surface area contributed by atoms with Crippen molar-refractivity contribution in [3.8, 4) is 5.75 Å². The Morgan fingerprint density at radius 1 is 1.35 bits per heavy atom. The number of benzene rings is 1. The van der Waals surface area contributed by atoms with Gasteiger partial charge in [0.05, 0.1) is 17.6 Å². The summed E-state index contributed by atoms with van der Waals surface area (Å²) in [6.07, 6.45) is 1.11. The van der Waals surface area contributed by atoms with Gasteiger partial charge in [0.2, 0.25) is 10.0 Å². The molecule has 0 unspecified atom stereocenters.